The molecule has 0 aliphatic rings. The van der Waals surface area contributed by atoms with Crippen LogP contribution in [-0.2, 0) is 0 Å². The van der Waals surface area contributed by atoms with Gasteiger partial charge in [0.05, 0.1) is 26.8 Å². The predicted octanol–water partition coefficient (Wildman–Crippen LogP) is 5.28. The molecule has 1 N–H and O–H groups in total. The van der Waals surface area contributed by atoms with Crippen molar-refractivity contribution in [3.63, 3.8) is 0 Å². The highest BCUT2D eigenvalue weighted by Gasteiger charge is 2.30. The van der Waals surface area contributed by atoms with Crippen LogP contribution in [0.1, 0.15) is 0 Å². The summed E-state index contributed by atoms with van der Waals surface area (Å²) in [6.07, 6.45) is 0. The second-order valence-electron chi connectivity index (χ2n) is 7.38. The maximum atomic E-state index is 11.1. The zero-order chi connectivity index (χ0) is 22.6. The lowest BCUT2D eigenvalue weighted by molar-refractivity contribution is -0.620. The summed E-state index contributed by atoms with van der Waals surface area (Å²) in [5.41, 5.74) is 6.95. The highest BCUT2D eigenvalue weighted by molar-refractivity contribution is 5.60. The fourth-order valence-corrected chi connectivity index (χ4v) is 3.64. The Labute approximate surface area is 190 Å². The van der Waals surface area contributed by atoms with E-state index in [0.29, 0.717) is 11.5 Å². The number of hydrogen-bond acceptors (Lipinski definition) is 4. The number of nitrogens with one attached hydrogen (secondary N) is 1. The quantitative estimate of drug-likeness (QED) is 0.224. The van der Waals surface area contributed by atoms with Gasteiger partial charge in [-0.1, -0.05) is 59.3 Å². The standard InChI is InChI=1S/C26H20N5O2/c32-31(33)24-18-16-22(17-19-24)27-30-25(20-10-4-1-5-11-20)28-29(23-14-8-3-9-15-23)26(30)21-12-6-2-7-13-21/h1-19,27H/q+1. The molecule has 0 atom stereocenters. The third kappa shape index (κ3) is 4.07. The lowest BCUT2D eigenvalue weighted by atomic mass is 10.2. The van der Waals surface area contributed by atoms with Crippen LogP contribution in [0.4, 0.5) is 11.4 Å². The summed E-state index contributed by atoms with van der Waals surface area (Å²) in [4.78, 5) is 10.7. The van der Waals surface area contributed by atoms with Crippen molar-refractivity contribution in [3.8, 4) is 28.5 Å². The highest BCUT2D eigenvalue weighted by Crippen LogP contribution is 2.24. The van der Waals surface area contributed by atoms with Gasteiger partial charge in [0.25, 0.3) is 11.5 Å². The average molecular weight is 434 g/mol. The largest absolute Gasteiger partial charge is 0.331 e. The molecular weight excluding hydrogens is 414 g/mol. The Hall–Kier alpha value is -4.78. The Morgan fingerprint density at radius 1 is 0.727 bits per heavy atom. The molecule has 7 nitrogen and oxygen atoms in total. The number of hydrogen-bond donors (Lipinski definition) is 1. The molecule has 4 aromatic carbocycles. The van der Waals surface area contributed by atoms with Crippen LogP contribution in [0.25, 0.3) is 28.5 Å². The lowest BCUT2D eigenvalue weighted by Gasteiger charge is -2.08. The van der Waals surface area contributed by atoms with E-state index in [1.165, 1.54) is 12.1 Å². The molecule has 33 heavy (non-hydrogen) atoms. The van der Waals surface area contributed by atoms with E-state index in [1.54, 1.807) is 12.1 Å². The monoisotopic (exact) mass is 434 g/mol. The summed E-state index contributed by atoms with van der Waals surface area (Å²) >= 11 is 0. The SMILES string of the molecule is O=[N+]([O-])c1ccc(N[n+]2c(-c3ccccc3)nn(-c3ccccc3)c2-c2ccccc2)cc1. The molecule has 160 valence electrons. The van der Waals surface area contributed by atoms with Crippen molar-refractivity contribution >= 4 is 11.4 Å². The summed E-state index contributed by atoms with van der Waals surface area (Å²) in [7, 11) is 0. The minimum atomic E-state index is -0.408. The van der Waals surface area contributed by atoms with Crippen LogP contribution in [-0.4, -0.2) is 14.7 Å². The van der Waals surface area contributed by atoms with Crippen LogP contribution in [0.2, 0.25) is 0 Å². The van der Waals surface area contributed by atoms with Crippen LogP contribution in [0.5, 0.6) is 0 Å². The van der Waals surface area contributed by atoms with Crippen LogP contribution in [0.3, 0.4) is 0 Å². The number of para-hydroxylation sites is 1. The maximum absolute atomic E-state index is 11.1. The van der Waals surface area contributed by atoms with Crippen molar-refractivity contribution in [1.29, 1.82) is 0 Å². The molecule has 5 rings (SSSR count). The first-order chi connectivity index (χ1) is 16.2. The van der Waals surface area contributed by atoms with Gasteiger partial charge in [-0.05, 0) is 48.5 Å². The van der Waals surface area contributed by atoms with Crippen molar-refractivity contribution in [2.75, 3.05) is 5.43 Å². The molecule has 0 saturated heterocycles. The minimum absolute atomic E-state index is 0.0390. The number of nitrogens with zero attached hydrogens (tertiary/aromatic N) is 4. The van der Waals surface area contributed by atoms with Crippen molar-refractivity contribution < 1.29 is 9.60 Å². The van der Waals surface area contributed by atoms with Gasteiger partial charge in [-0.25, -0.2) is 5.43 Å². The fourth-order valence-electron chi connectivity index (χ4n) is 3.64. The molecule has 0 aliphatic heterocycles. The van der Waals surface area contributed by atoms with E-state index < -0.39 is 4.92 Å². The van der Waals surface area contributed by atoms with Crippen LogP contribution < -0.4 is 10.1 Å². The minimum Gasteiger partial charge on any atom is -0.258 e. The Morgan fingerprint density at radius 2 is 1.27 bits per heavy atom. The van der Waals surface area contributed by atoms with E-state index in [4.69, 9.17) is 5.10 Å². The maximum Gasteiger partial charge on any atom is 0.331 e. The van der Waals surface area contributed by atoms with Gasteiger partial charge in [0, 0.05) is 12.1 Å². The summed E-state index contributed by atoms with van der Waals surface area (Å²) < 4.78 is 3.81. The third-order valence-electron chi connectivity index (χ3n) is 5.20. The Balaban J connectivity index is 1.74. The Kier molecular flexibility index (Phi) is 5.35. The normalized spacial score (nSPS) is 10.7. The van der Waals surface area contributed by atoms with Gasteiger partial charge in [-0.3, -0.25) is 10.1 Å². The second kappa shape index (κ2) is 8.76. The highest BCUT2D eigenvalue weighted by atomic mass is 16.6. The van der Waals surface area contributed by atoms with E-state index in [2.05, 4.69) is 5.43 Å². The van der Waals surface area contributed by atoms with Crippen LogP contribution in [0, 0.1) is 10.1 Å². The summed E-state index contributed by atoms with van der Waals surface area (Å²) in [6.45, 7) is 0. The molecule has 5 aromatic rings. The van der Waals surface area contributed by atoms with Crippen molar-refractivity contribution in [1.82, 2.24) is 9.78 Å². The summed E-state index contributed by atoms with van der Waals surface area (Å²) in [6, 6.07) is 36.2. The number of aromatic nitrogens is 3. The molecule has 0 saturated carbocycles. The number of rotatable bonds is 6. The van der Waals surface area contributed by atoms with Gasteiger partial charge in [0.15, 0.2) is 0 Å². The number of benzene rings is 4. The topological polar surface area (TPSA) is 76.9 Å². The van der Waals surface area contributed by atoms with E-state index in [-0.39, 0.29) is 5.69 Å². The molecule has 0 fully saturated rings. The molecule has 0 spiro atoms. The smallest absolute Gasteiger partial charge is 0.258 e. The summed E-state index contributed by atoms with van der Waals surface area (Å²) in [5.74, 6) is 1.52. The van der Waals surface area contributed by atoms with Crippen LogP contribution in [0.15, 0.2) is 115 Å². The number of nitro groups is 1. The van der Waals surface area contributed by atoms with Gasteiger partial charge in [0.2, 0.25) is 0 Å². The van der Waals surface area contributed by atoms with E-state index in [0.717, 1.165) is 22.6 Å². The van der Waals surface area contributed by atoms with Gasteiger partial charge in [0.1, 0.15) is 5.69 Å². The van der Waals surface area contributed by atoms with Crippen molar-refractivity contribution in [2.45, 2.75) is 0 Å². The second-order valence-corrected chi connectivity index (χ2v) is 7.38. The fraction of sp³-hybridized carbons (Fsp3) is 0. The molecule has 0 aliphatic carbocycles. The molecule has 1 aromatic heterocycles. The number of anilines is 1. The summed E-state index contributed by atoms with van der Waals surface area (Å²) in [5, 5.41) is 16.1. The predicted molar refractivity (Wildman–Crippen MR) is 127 cm³/mol. The molecule has 0 unspecified atom stereocenters. The van der Waals surface area contributed by atoms with E-state index >= 15 is 0 Å². The lowest BCUT2D eigenvalue weighted by Crippen LogP contribution is -2.45. The molecule has 7 heteroatoms. The zero-order valence-electron chi connectivity index (χ0n) is 17.6. The Bertz CT molecular complexity index is 1380. The van der Waals surface area contributed by atoms with Crippen LogP contribution >= 0.6 is 0 Å². The van der Waals surface area contributed by atoms with Gasteiger partial charge >= 0.3 is 5.82 Å². The number of nitro benzene ring substituents is 1. The average Bonchev–Trinajstić information content (AvgIpc) is 3.25. The third-order valence-corrected chi connectivity index (χ3v) is 5.20. The first kappa shape index (κ1) is 20.1. The van der Waals surface area contributed by atoms with E-state index in [1.807, 2.05) is 100 Å². The first-order valence-corrected chi connectivity index (χ1v) is 10.4. The van der Waals surface area contributed by atoms with Crippen molar-refractivity contribution in [2.24, 2.45) is 0 Å². The zero-order valence-corrected chi connectivity index (χ0v) is 17.6. The van der Waals surface area contributed by atoms with E-state index in [9.17, 15) is 10.1 Å². The molecule has 0 bridgehead atoms. The Morgan fingerprint density at radius 3 is 1.85 bits per heavy atom. The van der Waals surface area contributed by atoms with Gasteiger partial charge < -0.3 is 0 Å². The molecule has 1 heterocycles. The van der Waals surface area contributed by atoms with Gasteiger partial charge in [-0.15, -0.1) is 4.68 Å². The van der Waals surface area contributed by atoms with Crippen molar-refractivity contribution in [3.05, 3.63) is 125 Å². The molecule has 0 radical (unpaired) electrons. The first-order valence-electron chi connectivity index (χ1n) is 10.4. The molecule has 0 amide bonds. The number of non-ortho nitro benzene ring substituents is 1. The van der Waals surface area contributed by atoms with Gasteiger partial charge in [-0.2, -0.15) is 0 Å². The molecular formula is C26H20N5O2+.